The second kappa shape index (κ2) is 7.85. The van der Waals surface area contributed by atoms with Gasteiger partial charge >= 0.3 is 0 Å². The van der Waals surface area contributed by atoms with Crippen molar-refractivity contribution in [3.8, 4) is 9.85 Å². The summed E-state index contributed by atoms with van der Waals surface area (Å²) in [6.45, 7) is 8.81. The molecular weight excluding hydrogens is 451 g/mol. The number of hydrogen-bond donors (Lipinski definition) is 0. The molecule has 0 N–H and O–H groups in total. The van der Waals surface area contributed by atoms with Crippen molar-refractivity contribution >= 4 is 41.3 Å². The van der Waals surface area contributed by atoms with Crippen LogP contribution < -0.4 is 10.4 Å². The van der Waals surface area contributed by atoms with Crippen LogP contribution in [0.15, 0.2) is 60.7 Å². The molecule has 1 saturated heterocycles. The van der Waals surface area contributed by atoms with E-state index in [0.29, 0.717) is 19.8 Å². The van der Waals surface area contributed by atoms with Crippen LogP contribution in [0.2, 0.25) is 5.04 Å². The Morgan fingerprint density at radius 2 is 1.50 bits per heavy atom. The van der Waals surface area contributed by atoms with Crippen LogP contribution in [-0.4, -0.2) is 28.1 Å². The number of rotatable bonds is 5. The molecule has 1 fully saturated rings. The molecule has 1 aliphatic rings. The van der Waals surface area contributed by atoms with Gasteiger partial charge in [-0.2, -0.15) is 0 Å². The zero-order valence-corrected chi connectivity index (χ0v) is 18.7. The fourth-order valence-corrected chi connectivity index (χ4v) is 8.87. The van der Waals surface area contributed by atoms with E-state index in [4.69, 9.17) is 9.16 Å². The predicted molar refractivity (Wildman–Crippen MR) is 119 cm³/mol. The van der Waals surface area contributed by atoms with E-state index in [2.05, 4.69) is 114 Å². The second-order valence-corrected chi connectivity index (χ2v) is 12.8. The summed E-state index contributed by atoms with van der Waals surface area (Å²) in [5, 5.41) is 2.59. The normalized spacial score (nSPS) is 16.3. The lowest BCUT2D eigenvalue weighted by Gasteiger charge is -2.46. The summed E-state index contributed by atoms with van der Waals surface area (Å²) in [6, 6.07) is 21.5. The Morgan fingerprint density at radius 3 is 1.85 bits per heavy atom. The van der Waals surface area contributed by atoms with Gasteiger partial charge in [0, 0.05) is 22.6 Å². The lowest BCUT2D eigenvalue weighted by molar-refractivity contribution is -0.0966. The van der Waals surface area contributed by atoms with Crippen LogP contribution in [0.5, 0.6) is 0 Å². The maximum absolute atomic E-state index is 6.98. The molecule has 0 unspecified atom stereocenters. The fourth-order valence-electron chi connectivity index (χ4n) is 3.65. The molecule has 3 rings (SSSR count). The van der Waals surface area contributed by atoms with Crippen molar-refractivity contribution in [1.29, 1.82) is 0 Å². The largest absolute Gasteiger partial charge is 0.406 e. The lowest BCUT2D eigenvalue weighted by Crippen LogP contribution is -2.68. The summed E-state index contributed by atoms with van der Waals surface area (Å²) in [5.41, 5.74) is -0.172. The smallest absolute Gasteiger partial charge is 0.261 e. The van der Waals surface area contributed by atoms with Gasteiger partial charge in [0.1, 0.15) is 5.41 Å². The van der Waals surface area contributed by atoms with Crippen molar-refractivity contribution in [1.82, 2.24) is 0 Å². The average Bonchev–Trinajstić information content (AvgIpc) is 2.60. The summed E-state index contributed by atoms with van der Waals surface area (Å²) < 4.78 is 15.5. The highest BCUT2D eigenvalue weighted by Gasteiger charge is 2.52. The van der Waals surface area contributed by atoms with E-state index >= 15 is 0 Å². The topological polar surface area (TPSA) is 18.5 Å². The van der Waals surface area contributed by atoms with Crippen molar-refractivity contribution < 1.29 is 9.16 Å². The van der Waals surface area contributed by atoms with Gasteiger partial charge in [-0.15, -0.1) is 0 Å². The fraction of sp³-hybridized carbons (Fsp3) is 0.364. The monoisotopic (exact) mass is 476 g/mol. The minimum Gasteiger partial charge on any atom is -0.406 e. The first-order valence-corrected chi connectivity index (χ1v) is 11.9. The average molecular weight is 476 g/mol. The Balaban J connectivity index is 2.10. The van der Waals surface area contributed by atoms with E-state index in [1.54, 1.807) is 0 Å². The Labute approximate surface area is 171 Å². The van der Waals surface area contributed by atoms with Crippen LogP contribution in [0.4, 0.5) is 0 Å². The van der Waals surface area contributed by atoms with Gasteiger partial charge < -0.3 is 9.16 Å². The highest BCUT2D eigenvalue weighted by molar-refractivity contribution is 14.1. The number of halogens is 1. The van der Waals surface area contributed by atoms with Crippen molar-refractivity contribution in [2.24, 2.45) is 5.41 Å². The highest BCUT2D eigenvalue weighted by atomic mass is 127. The maximum atomic E-state index is 6.98. The lowest BCUT2D eigenvalue weighted by atomic mass is 9.88. The summed E-state index contributed by atoms with van der Waals surface area (Å²) >= 11 is 2.11. The van der Waals surface area contributed by atoms with Crippen LogP contribution in [-0.2, 0) is 9.16 Å². The van der Waals surface area contributed by atoms with E-state index in [-0.39, 0.29) is 10.5 Å². The molecule has 26 heavy (non-hydrogen) atoms. The van der Waals surface area contributed by atoms with Crippen LogP contribution >= 0.6 is 22.6 Å². The zero-order valence-electron chi connectivity index (χ0n) is 15.6. The van der Waals surface area contributed by atoms with Gasteiger partial charge in [-0.05, 0) is 19.3 Å². The molecule has 0 radical (unpaired) electrons. The van der Waals surface area contributed by atoms with Gasteiger partial charge in [-0.1, -0.05) is 87.4 Å². The van der Waals surface area contributed by atoms with Crippen molar-refractivity contribution in [2.45, 2.75) is 25.8 Å². The molecule has 2 aromatic carbocycles. The molecular formula is C22H25IO2Si. The number of benzene rings is 2. The van der Waals surface area contributed by atoms with Gasteiger partial charge in [-0.3, -0.25) is 0 Å². The quantitative estimate of drug-likeness (QED) is 0.370. The van der Waals surface area contributed by atoms with Crippen LogP contribution in [0.3, 0.4) is 0 Å². The van der Waals surface area contributed by atoms with Gasteiger partial charge in [0.05, 0.1) is 19.8 Å². The molecule has 2 nitrogen and oxygen atoms in total. The van der Waals surface area contributed by atoms with Gasteiger partial charge in [-0.25, -0.2) is 0 Å². The minimum atomic E-state index is -2.50. The molecule has 4 heteroatoms. The maximum Gasteiger partial charge on any atom is 0.261 e. The standard InChI is InChI=1S/C22H25IO2Si/c1-21(2,3)26(19-10-6-4-7-11-19,20-12-8-5-9-13-20)25-18-22(14-15-23)16-24-17-22/h4-13H,16-18H2,1-3H3. The predicted octanol–water partition coefficient (Wildman–Crippen LogP) is 3.98. The molecule has 1 heterocycles. The Bertz CT molecular complexity index is 744. The third kappa shape index (κ3) is 3.63. The number of hydrogen-bond acceptors (Lipinski definition) is 2. The minimum absolute atomic E-state index is 0.0146. The van der Waals surface area contributed by atoms with Crippen LogP contribution in [0, 0.1) is 15.3 Å². The van der Waals surface area contributed by atoms with E-state index in [1.807, 2.05) is 0 Å². The van der Waals surface area contributed by atoms with Gasteiger partial charge in [0.25, 0.3) is 8.32 Å². The van der Waals surface area contributed by atoms with Crippen molar-refractivity contribution in [3.63, 3.8) is 0 Å². The summed E-state index contributed by atoms with van der Waals surface area (Å²) in [7, 11) is -2.50. The zero-order chi connectivity index (χ0) is 18.7. The molecule has 0 saturated carbocycles. The third-order valence-electron chi connectivity index (χ3n) is 5.05. The molecule has 0 aliphatic carbocycles. The van der Waals surface area contributed by atoms with Crippen LogP contribution in [0.25, 0.3) is 0 Å². The first kappa shape index (κ1) is 19.6. The molecule has 0 bridgehead atoms. The Kier molecular flexibility index (Phi) is 5.93. The number of ether oxygens (including phenoxy) is 1. The Hall–Kier alpha value is -1.13. The summed E-state index contributed by atoms with van der Waals surface area (Å²) in [5.74, 6) is 3.33. The summed E-state index contributed by atoms with van der Waals surface area (Å²) in [4.78, 5) is 0. The van der Waals surface area contributed by atoms with Gasteiger partial charge in [0.15, 0.2) is 0 Å². The molecule has 0 aromatic heterocycles. The molecule has 1 aliphatic heterocycles. The second-order valence-electron chi connectivity index (χ2n) is 7.94. The first-order valence-electron chi connectivity index (χ1n) is 8.89. The van der Waals surface area contributed by atoms with Gasteiger partial charge in [0.2, 0.25) is 0 Å². The Morgan fingerprint density at radius 1 is 1.00 bits per heavy atom. The van der Waals surface area contributed by atoms with E-state index in [9.17, 15) is 0 Å². The molecule has 136 valence electrons. The molecule has 0 atom stereocenters. The van der Waals surface area contributed by atoms with E-state index < -0.39 is 8.32 Å². The van der Waals surface area contributed by atoms with E-state index in [1.165, 1.54) is 10.4 Å². The summed E-state index contributed by atoms with van der Waals surface area (Å²) in [6.07, 6.45) is 0. The molecule has 0 spiro atoms. The van der Waals surface area contributed by atoms with Crippen molar-refractivity contribution in [2.75, 3.05) is 19.8 Å². The first-order chi connectivity index (χ1) is 12.4. The SMILES string of the molecule is CC(C)(C)[Si](OCC1(C#CI)COC1)(c1ccccc1)c1ccccc1. The molecule has 2 aromatic rings. The van der Waals surface area contributed by atoms with Crippen LogP contribution in [0.1, 0.15) is 20.8 Å². The highest BCUT2D eigenvalue weighted by Crippen LogP contribution is 2.39. The van der Waals surface area contributed by atoms with Crippen molar-refractivity contribution in [3.05, 3.63) is 60.7 Å². The third-order valence-corrected chi connectivity index (χ3v) is 10.3. The molecule has 0 amide bonds. The van der Waals surface area contributed by atoms with E-state index in [0.717, 1.165) is 0 Å².